The minimum atomic E-state index is -2.44. The van der Waals surface area contributed by atoms with Gasteiger partial charge >= 0.3 is 0 Å². The first kappa shape index (κ1) is 18.2. The molecule has 0 radical (unpaired) electrons. The van der Waals surface area contributed by atoms with Gasteiger partial charge in [-0.05, 0) is 49.4 Å². The minimum absolute atomic E-state index is 0.00573. The molecule has 1 aromatic carbocycles. The van der Waals surface area contributed by atoms with Crippen molar-refractivity contribution in [1.82, 2.24) is 19.7 Å². The topological polar surface area (TPSA) is 55.2 Å². The molecule has 0 spiro atoms. The molecule has 0 saturated carbocycles. The van der Waals surface area contributed by atoms with E-state index in [0.29, 0.717) is 18.3 Å². The molecule has 6 nitrogen and oxygen atoms in total. The average Bonchev–Trinajstić information content (AvgIpc) is 3.16. The lowest BCUT2D eigenvalue weighted by molar-refractivity contribution is 0.0550. The lowest BCUT2D eigenvalue weighted by Gasteiger charge is -2.40. The number of alkyl halides is 2. The zero-order chi connectivity index (χ0) is 18.8. The van der Waals surface area contributed by atoms with Crippen molar-refractivity contribution in [3.8, 4) is 5.75 Å². The van der Waals surface area contributed by atoms with Crippen molar-refractivity contribution in [1.29, 1.82) is 0 Å². The van der Waals surface area contributed by atoms with Gasteiger partial charge in [0.25, 0.3) is 6.43 Å². The van der Waals surface area contributed by atoms with Gasteiger partial charge in [-0.25, -0.2) is 13.5 Å². The maximum Gasteiger partial charge on any atom is 0.260 e. The Morgan fingerprint density at radius 2 is 2.26 bits per heavy atom. The highest BCUT2D eigenvalue weighted by Crippen LogP contribution is 2.35. The number of rotatable bonds is 5. The summed E-state index contributed by atoms with van der Waals surface area (Å²) < 4.78 is 33.7. The number of benzene rings is 1. The van der Waals surface area contributed by atoms with Crippen LogP contribution in [0.2, 0.25) is 0 Å². The first-order chi connectivity index (χ1) is 13.1. The Kier molecular flexibility index (Phi) is 5.24. The molecule has 2 aliphatic heterocycles. The highest BCUT2D eigenvalue weighted by atomic mass is 19.3. The van der Waals surface area contributed by atoms with E-state index >= 15 is 0 Å². The first-order valence-electron chi connectivity index (χ1n) is 9.43. The van der Waals surface area contributed by atoms with Crippen LogP contribution in [0.5, 0.6) is 5.75 Å². The number of nitrogens with zero attached hydrogens (tertiary/aromatic N) is 4. The number of aromatic nitrogens is 3. The molecule has 0 bridgehead atoms. The van der Waals surface area contributed by atoms with Crippen molar-refractivity contribution in [2.75, 3.05) is 25.5 Å². The third-order valence-electron chi connectivity index (χ3n) is 5.64. The van der Waals surface area contributed by atoms with Gasteiger partial charge in [0.05, 0.1) is 7.11 Å². The summed E-state index contributed by atoms with van der Waals surface area (Å²) in [4.78, 5) is 6.52. The van der Waals surface area contributed by atoms with E-state index in [-0.39, 0.29) is 6.04 Å². The third kappa shape index (κ3) is 3.90. The maximum atomic E-state index is 13.5. The normalized spacial score (nSPS) is 25.9. The second-order valence-electron chi connectivity index (χ2n) is 7.41. The predicted molar refractivity (Wildman–Crippen MR) is 98.1 cm³/mol. The second-order valence-corrected chi connectivity index (χ2v) is 7.41. The van der Waals surface area contributed by atoms with Crippen LogP contribution in [0.4, 0.5) is 14.7 Å². The molecule has 1 saturated heterocycles. The van der Waals surface area contributed by atoms with Gasteiger partial charge in [0.15, 0.2) is 0 Å². The van der Waals surface area contributed by atoms with Crippen LogP contribution in [-0.4, -0.2) is 52.3 Å². The second kappa shape index (κ2) is 7.80. The van der Waals surface area contributed by atoms with Gasteiger partial charge in [0, 0.05) is 19.1 Å². The van der Waals surface area contributed by atoms with Gasteiger partial charge in [0.2, 0.25) is 5.95 Å². The molecule has 0 amide bonds. The van der Waals surface area contributed by atoms with Gasteiger partial charge in [-0.2, -0.15) is 10.1 Å². The van der Waals surface area contributed by atoms with Crippen molar-refractivity contribution in [2.24, 2.45) is 5.92 Å². The van der Waals surface area contributed by atoms with Crippen LogP contribution in [0.1, 0.15) is 30.9 Å². The fraction of sp³-hybridized carbons (Fsp3) is 0.579. The van der Waals surface area contributed by atoms with Crippen LogP contribution in [-0.2, 0) is 6.54 Å². The summed E-state index contributed by atoms with van der Waals surface area (Å²) in [5.41, 5.74) is 1.21. The maximum absolute atomic E-state index is 13.5. The highest BCUT2D eigenvalue weighted by Gasteiger charge is 2.38. The van der Waals surface area contributed by atoms with E-state index in [4.69, 9.17) is 4.74 Å². The molecular formula is C19H25F2N5O. The summed E-state index contributed by atoms with van der Waals surface area (Å²) in [6.45, 7) is 2.75. The van der Waals surface area contributed by atoms with Gasteiger partial charge < -0.3 is 10.1 Å². The summed E-state index contributed by atoms with van der Waals surface area (Å²) in [6.07, 6.45) is 1.39. The molecule has 1 aromatic heterocycles. The fourth-order valence-corrected chi connectivity index (χ4v) is 4.29. The largest absolute Gasteiger partial charge is 0.497 e. The number of fused-ring (bicyclic) bond motifs is 1. The molecule has 1 N–H and O–H groups in total. The van der Waals surface area contributed by atoms with E-state index < -0.39 is 12.5 Å². The van der Waals surface area contributed by atoms with E-state index in [0.717, 1.165) is 38.2 Å². The zero-order valence-corrected chi connectivity index (χ0v) is 15.4. The van der Waals surface area contributed by atoms with Crippen LogP contribution < -0.4 is 10.1 Å². The Morgan fingerprint density at radius 3 is 3.07 bits per heavy atom. The van der Waals surface area contributed by atoms with E-state index in [9.17, 15) is 8.78 Å². The Bertz CT molecular complexity index is 768. The molecule has 3 heterocycles. The van der Waals surface area contributed by atoms with Crippen molar-refractivity contribution in [3.63, 3.8) is 0 Å². The Balaban J connectivity index is 1.44. The van der Waals surface area contributed by atoms with Gasteiger partial charge in [-0.1, -0.05) is 12.1 Å². The van der Waals surface area contributed by atoms with E-state index in [1.807, 2.05) is 12.1 Å². The number of nitrogens with one attached hydrogen (secondary N) is 1. The van der Waals surface area contributed by atoms with Crippen LogP contribution in [0.25, 0.3) is 0 Å². The lowest BCUT2D eigenvalue weighted by Crippen LogP contribution is -2.46. The Hall–Kier alpha value is -2.22. The molecule has 1 fully saturated rings. The van der Waals surface area contributed by atoms with Crippen LogP contribution in [0.15, 0.2) is 30.6 Å². The number of piperidine rings is 1. The number of halogens is 2. The standard InChI is InChI=1S/C19H25F2N5O/c1-27-15-6-2-4-13(8-15)10-25-7-3-5-14(11-25)16-9-17(18(20)21)26-19(24-16)22-12-23-26/h2,4,6,8,12,14,16-18H,3,5,7,9-11H2,1H3,(H,22,23,24)/t14?,16-,17+/m0/s1. The summed E-state index contributed by atoms with van der Waals surface area (Å²) in [6, 6.07) is 7.18. The summed E-state index contributed by atoms with van der Waals surface area (Å²) in [5.74, 6) is 1.63. The van der Waals surface area contributed by atoms with Crippen LogP contribution in [0.3, 0.4) is 0 Å². The molecule has 0 aliphatic carbocycles. The van der Waals surface area contributed by atoms with Gasteiger partial charge in [-0.15, -0.1) is 0 Å². The Morgan fingerprint density at radius 1 is 1.37 bits per heavy atom. The molecule has 4 rings (SSSR count). The summed E-state index contributed by atoms with van der Waals surface area (Å²) in [7, 11) is 1.67. The number of methoxy groups -OCH3 is 1. The molecular weight excluding hydrogens is 352 g/mol. The zero-order valence-electron chi connectivity index (χ0n) is 15.4. The van der Waals surface area contributed by atoms with E-state index in [2.05, 4.69) is 32.4 Å². The monoisotopic (exact) mass is 377 g/mol. The highest BCUT2D eigenvalue weighted by molar-refractivity contribution is 5.30. The van der Waals surface area contributed by atoms with Crippen molar-refractivity contribution in [2.45, 2.75) is 44.3 Å². The third-order valence-corrected chi connectivity index (χ3v) is 5.64. The summed E-state index contributed by atoms with van der Waals surface area (Å²) in [5, 5.41) is 7.31. The van der Waals surface area contributed by atoms with Gasteiger partial charge in [-0.3, -0.25) is 4.90 Å². The van der Waals surface area contributed by atoms with Crippen molar-refractivity contribution < 1.29 is 13.5 Å². The SMILES string of the molecule is COc1cccc(CN2CCCC([C@@H]3C[C@H](C(F)F)n4ncnc4N3)C2)c1. The molecule has 8 heteroatoms. The number of ether oxygens (including phenoxy) is 1. The first-order valence-corrected chi connectivity index (χ1v) is 9.43. The van der Waals surface area contributed by atoms with E-state index in [1.165, 1.54) is 16.6 Å². The average molecular weight is 377 g/mol. The van der Waals surface area contributed by atoms with Crippen LogP contribution in [0, 0.1) is 5.92 Å². The fourth-order valence-electron chi connectivity index (χ4n) is 4.29. The van der Waals surface area contributed by atoms with Crippen LogP contribution >= 0.6 is 0 Å². The van der Waals surface area contributed by atoms with Gasteiger partial charge in [0.1, 0.15) is 18.1 Å². The number of hydrogen-bond acceptors (Lipinski definition) is 5. The van der Waals surface area contributed by atoms with E-state index in [1.54, 1.807) is 7.11 Å². The molecule has 3 atom stereocenters. The molecule has 1 unspecified atom stereocenters. The minimum Gasteiger partial charge on any atom is -0.497 e. The quantitative estimate of drug-likeness (QED) is 0.867. The summed E-state index contributed by atoms with van der Waals surface area (Å²) >= 11 is 0. The smallest absolute Gasteiger partial charge is 0.260 e. The van der Waals surface area contributed by atoms with Crippen molar-refractivity contribution in [3.05, 3.63) is 36.2 Å². The van der Waals surface area contributed by atoms with Crippen molar-refractivity contribution >= 4 is 5.95 Å². The lowest BCUT2D eigenvalue weighted by atomic mass is 9.86. The number of anilines is 1. The molecule has 146 valence electrons. The molecule has 2 aliphatic rings. The predicted octanol–water partition coefficient (Wildman–Crippen LogP) is 3.19. The number of likely N-dealkylation sites (tertiary alicyclic amines) is 1. The number of hydrogen-bond donors (Lipinski definition) is 1. The molecule has 27 heavy (non-hydrogen) atoms. The molecule has 2 aromatic rings. The Labute approximate surface area is 157 Å².